The minimum absolute atomic E-state index is 0.184. The third kappa shape index (κ3) is 3.19. The van der Waals surface area contributed by atoms with Crippen LogP contribution in [-0.4, -0.2) is 27.2 Å². The second-order valence-corrected chi connectivity index (χ2v) is 6.40. The molecule has 4 rings (SSSR count). The summed E-state index contributed by atoms with van der Waals surface area (Å²) in [5.74, 6) is -0.0591. The van der Waals surface area contributed by atoms with Crippen LogP contribution in [0.4, 0.5) is 11.6 Å². The lowest BCUT2D eigenvalue weighted by Crippen LogP contribution is -2.36. The van der Waals surface area contributed by atoms with Crippen LogP contribution in [0.3, 0.4) is 0 Å². The molecule has 0 fully saturated rings. The first-order valence-electron chi connectivity index (χ1n) is 8.81. The fraction of sp³-hybridized carbons (Fsp3) is 0.200. The number of carbonyl (C=O) groups excluding carboxylic acids is 1. The Morgan fingerprint density at radius 3 is 2.37 bits per heavy atom. The van der Waals surface area contributed by atoms with E-state index < -0.39 is 11.5 Å². The van der Waals surface area contributed by atoms with Crippen molar-refractivity contribution in [1.82, 2.24) is 20.1 Å². The average molecular weight is 361 g/mol. The van der Waals surface area contributed by atoms with E-state index >= 15 is 0 Å². The lowest BCUT2D eigenvalue weighted by Gasteiger charge is -2.17. The van der Waals surface area contributed by atoms with Gasteiger partial charge in [0.05, 0.1) is 6.04 Å². The molecule has 0 aliphatic carbocycles. The zero-order valence-electron chi connectivity index (χ0n) is 14.9. The number of nitrogens with zero attached hydrogens (tertiary/aromatic N) is 4. The molecule has 0 radical (unpaired) electrons. The maximum absolute atomic E-state index is 12.8. The van der Waals surface area contributed by atoms with Gasteiger partial charge >= 0.3 is 0 Å². The highest BCUT2D eigenvalue weighted by atomic mass is 16.2. The van der Waals surface area contributed by atoms with E-state index in [2.05, 4.69) is 15.5 Å². The molecular formula is C20H19N5O2. The standard InChI is InChI=1S/C20H19N5O2/c1-14(15-8-4-2-5-9-15)21-18(26)17-19(27)25-13-12-24(20(25)23-22-17)16-10-6-3-7-11-16/h2-11,14H,12-13H2,1H3,(H,21,26)/t14-/m1/s1. The van der Waals surface area contributed by atoms with Crippen molar-refractivity contribution >= 4 is 17.5 Å². The summed E-state index contributed by atoms with van der Waals surface area (Å²) >= 11 is 0. The molecule has 1 N–H and O–H groups in total. The highest BCUT2D eigenvalue weighted by Crippen LogP contribution is 2.25. The quantitative estimate of drug-likeness (QED) is 0.771. The van der Waals surface area contributed by atoms with E-state index in [4.69, 9.17) is 0 Å². The van der Waals surface area contributed by atoms with Crippen molar-refractivity contribution in [2.45, 2.75) is 19.5 Å². The summed E-state index contributed by atoms with van der Waals surface area (Å²) in [5, 5.41) is 10.9. The average Bonchev–Trinajstić information content (AvgIpc) is 3.14. The predicted octanol–water partition coefficient (Wildman–Crippen LogP) is 2.28. The van der Waals surface area contributed by atoms with Crippen molar-refractivity contribution in [2.75, 3.05) is 11.4 Å². The topological polar surface area (TPSA) is 80.1 Å². The molecule has 27 heavy (non-hydrogen) atoms. The van der Waals surface area contributed by atoms with Crippen LogP contribution in [0.15, 0.2) is 65.5 Å². The molecule has 136 valence electrons. The Morgan fingerprint density at radius 2 is 1.67 bits per heavy atom. The number of carbonyl (C=O) groups is 1. The maximum atomic E-state index is 12.8. The van der Waals surface area contributed by atoms with Gasteiger partial charge in [-0.2, -0.15) is 0 Å². The Bertz CT molecular complexity index is 1020. The first-order chi connectivity index (χ1) is 13.1. The highest BCUT2D eigenvalue weighted by Gasteiger charge is 2.27. The third-order valence-electron chi connectivity index (χ3n) is 4.65. The largest absolute Gasteiger partial charge is 0.344 e. The van der Waals surface area contributed by atoms with Crippen LogP contribution in [0.2, 0.25) is 0 Å². The van der Waals surface area contributed by atoms with Crippen LogP contribution < -0.4 is 15.8 Å². The van der Waals surface area contributed by atoms with Crippen LogP contribution in [-0.2, 0) is 6.54 Å². The van der Waals surface area contributed by atoms with Gasteiger partial charge < -0.3 is 10.2 Å². The fourth-order valence-corrected chi connectivity index (χ4v) is 3.20. The molecule has 7 heteroatoms. The van der Waals surface area contributed by atoms with Gasteiger partial charge in [0.2, 0.25) is 11.6 Å². The summed E-state index contributed by atoms with van der Waals surface area (Å²) in [4.78, 5) is 27.2. The van der Waals surface area contributed by atoms with E-state index in [1.54, 1.807) is 0 Å². The molecule has 0 spiro atoms. The molecule has 1 aliphatic rings. The number of anilines is 2. The minimum atomic E-state index is -0.516. The number of amides is 1. The number of fused-ring (bicyclic) bond motifs is 1. The second kappa shape index (κ2) is 7.03. The Hall–Kier alpha value is -3.48. The Labute approximate surface area is 156 Å². The number of rotatable bonds is 4. The normalized spacial score (nSPS) is 13.9. The van der Waals surface area contributed by atoms with Crippen molar-refractivity contribution in [3.8, 4) is 0 Å². The summed E-state index contributed by atoms with van der Waals surface area (Å²) in [6.07, 6.45) is 0. The maximum Gasteiger partial charge on any atom is 0.286 e. The summed E-state index contributed by atoms with van der Waals surface area (Å²) in [6, 6.07) is 19.0. The summed E-state index contributed by atoms with van der Waals surface area (Å²) < 4.78 is 1.50. The molecule has 7 nitrogen and oxygen atoms in total. The first kappa shape index (κ1) is 17.0. The molecular weight excluding hydrogens is 342 g/mol. The highest BCUT2D eigenvalue weighted by molar-refractivity contribution is 5.92. The molecule has 0 saturated heterocycles. The third-order valence-corrected chi connectivity index (χ3v) is 4.65. The summed E-state index contributed by atoms with van der Waals surface area (Å²) in [5.41, 5.74) is 1.29. The molecule has 1 amide bonds. The molecule has 1 aromatic heterocycles. The lowest BCUT2D eigenvalue weighted by molar-refractivity contribution is 0.0931. The molecule has 0 unspecified atom stereocenters. The molecule has 2 aromatic carbocycles. The monoisotopic (exact) mass is 361 g/mol. The second-order valence-electron chi connectivity index (χ2n) is 6.40. The predicted molar refractivity (Wildman–Crippen MR) is 102 cm³/mol. The Kier molecular flexibility index (Phi) is 4.42. The van der Waals surface area contributed by atoms with E-state index in [0.29, 0.717) is 19.0 Å². The van der Waals surface area contributed by atoms with Gasteiger partial charge in [0.25, 0.3) is 11.5 Å². The zero-order chi connectivity index (χ0) is 18.8. The number of nitrogens with one attached hydrogen (secondary N) is 1. The van der Waals surface area contributed by atoms with Gasteiger partial charge in [0.15, 0.2) is 0 Å². The smallest absolute Gasteiger partial charge is 0.286 e. The molecule has 0 bridgehead atoms. The Balaban J connectivity index is 1.59. The van der Waals surface area contributed by atoms with Crippen molar-refractivity contribution in [1.29, 1.82) is 0 Å². The van der Waals surface area contributed by atoms with Crippen molar-refractivity contribution < 1.29 is 4.79 Å². The number of hydrogen-bond donors (Lipinski definition) is 1. The number of hydrogen-bond acceptors (Lipinski definition) is 5. The van der Waals surface area contributed by atoms with Crippen LogP contribution in [0, 0.1) is 0 Å². The van der Waals surface area contributed by atoms with Crippen LogP contribution in [0.25, 0.3) is 0 Å². The van der Waals surface area contributed by atoms with Gasteiger partial charge in [0, 0.05) is 18.8 Å². The van der Waals surface area contributed by atoms with Crippen LogP contribution >= 0.6 is 0 Å². The number of benzene rings is 2. The van der Waals surface area contributed by atoms with Crippen molar-refractivity contribution in [2.24, 2.45) is 0 Å². The van der Waals surface area contributed by atoms with Crippen molar-refractivity contribution in [3.63, 3.8) is 0 Å². The van der Waals surface area contributed by atoms with E-state index in [9.17, 15) is 9.59 Å². The van der Waals surface area contributed by atoms with Gasteiger partial charge in [-0.25, -0.2) is 0 Å². The van der Waals surface area contributed by atoms with E-state index in [1.807, 2.05) is 72.5 Å². The lowest BCUT2D eigenvalue weighted by atomic mass is 10.1. The van der Waals surface area contributed by atoms with E-state index in [1.165, 1.54) is 4.57 Å². The van der Waals surface area contributed by atoms with Gasteiger partial charge in [-0.3, -0.25) is 14.2 Å². The van der Waals surface area contributed by atoms with Gasteiger partial charge in [-0.05, 0) is 24.6 Å². The van der Waals surface area contributed by atoms with Gasteiger partial charge in [-0.1, -0.05) is 48.5 Å². The number of aromatic nitrogens is 3. The van der Waals surface area contributed by atoms with Gasteiger partial charge in [-0.15, -0.1) is 10.2 Å². The van der Waals surface area contributed by atoms with E-state index in [0.717, 1.165) is 11.3 Å². The molecule has 2 heterocycles. The van der Waals surface area contributed by atoms with Gasteiger partial charge in [0.1, 0.15) is 0 Å². The molecule has 1 aliphatic heterocycles. The molecule has 3 aromatic rings. The Morgan fingerprint density at radius 1 is 1.00 bits per heavy atom. The molecule has 1 atom stereocenters. The first-order valence-corrected chi connectivity index (χ1v) is 8.81. The molecule has 0 saturated carbocycles. The van der Waals surface area contributed by atoms with Crippen LogP contribution in [0.1, 0.15) is 29.0 Å². The fourth-order valence-electron chi connectivity index (χ4n) is 3.20. The number of para-hydroxylation sites is 1. The van der Waals surface area contributed by atoms with E-state index in [-0.39, 0.29) is 11.7 Å². The minimum Gasteiger partial charge on any atom is -0.344 e. The summed E-state index contributed by atoms with van der Waals surface area (Å²) in [7, 11) is 0. The summed E-state index contributed by atoms with van der Waals surface area (Å²) in [6.45, 7) is 2.94. The SMILES string of the molecule is C[C@@H](NC(=O)c1nnc2n(c1=O)CCN2c1ccccc1)c1ccccc1. The van der Waals surface area contributed by atoms with Crippen molar-refractivity contribution in [3.05, 3.63) is 82.3 Å². The zero-order valence-corrected chi connectivity index (χ0v) is 14.9. The van der Waals surface area contributed by atoms with Crippen LogP contribution in [0.5, 0.6) is 0 Å².